The smallest absolute Gasteiger partial charge is 0.327 e. The minimum Gasteiger partial charge on any atom is -0.480 e. The third-order valence-electron chi connectivity index (χ3n) is 4.61. The first-order valence-electron chi connectivity index (χ1n) is 8.72. The van der Waals surface area contributed by atoms with Crippen molar-refractivity contribution in [3.63, 3.8) is 0 Å². The predicted molar refractivity (Wildman–Crippen MR) is 97.3 cm³/mol. The molecule has 1 aliphatic rings. The van der Waals surface area contributed by atoms with Gasteiger partial charge in [0, 0.05) is 17.8 Å². The van der Waals surface area contributed by atoms with Crippen LogP contribution < -0.4 is 5.73 Å². The molecule has 7 heteroatoms. The Balaban J connectivity index is 1.85. The molecule has 0 amide bonds. The minimum absolute atomic E-state index is 0.381. The van der Waals surface area contributed by atoms with E-state index < -0.39 is 29.7 Å². The van der Waals surface area contributed by atoms with E-state index in [0.29, 0.717) is 18.7 Å². The van der Waals surface area contributed by atoms with E-state index in [2.05, 4.69) is 4.98 Å². The van der Waals surface area contributed by atoms with E-state index in [9.17, 15) is 14.7 Å². The summed E-state index contributed by atoms with van der Waals surface area (Å²) >= 11 is 0. The number of carboxylic acid groups (broad SMARTS) is 1. The van der Waals surface area contributed by atoms with Gasteiger partial charge in [-0.3, -0.25) is 14.5 Å². The van der Waals surface area contributed by atoms with E-state index in [1.807, 2.05) is 30.3 Å². The molecule has 3 unspecified atom stereocenters. The van der Waals surface area contributed by atoms with Crippen LogP contribution in [0.15, 0.2) is 30.3 Å². The van der Waals surface area contributed by atoms with E-state index in [0.717, 1.165) is 10.9 Å². The van der Waals surface area contributed by atoms with Gasteiger partial charge >= 0.3 is 11.9 Å². The van der Waals surface area contributed by atoms with E-state index >= 15 is 0 Å². The third-order valence-corrected chi connectivity index (χ3v) is 4.61. The maximum Gasteiger partial charge on any atom is 0.327 e. The van der Waals surface area contributed by atoms with Gasteiger partial charge in [-0.1, -0.05) is 18.2 Å². The van der Waals surface area contributed by atoms with Gasteiger partial charge < -0.3 is 20.6 Å². The summed E-state index contributed by atoms with van der Waals surface area (Å²) in [6.45, 7) is 5.81. The Labute approximate surface area is 152 Å². The van der Waals surface area contributed by atoms with Crippen LogP contribution in [0, 0.1) is 5.92 Å². The number of aromatic amines is 1. The largest absolute Gasteiger partial charge is 0.480 e. The SMILES string of the molecule is CC(C)(C)OC(=O)C1CCN(C(C(=O)O)c2cc3ccccc3[nH]2)C1N. The lowest BCUT2D eigenvalue weighted by molar-refractivity contribution is -0.161. The van der Waals surface area contributed by atoms with Crippen LogP contribution in [0.4, 0.5) is 0 Å². The van der Waals surface area contributed by atoms with Crippen LogP contribution in [-0.4, -0.2) is 45.2 Å². The van der Waals surface area contributed by atoms with Crippen LogP contribution in [0.3, 0.4) is 0 Å². The van der Waals surface area contributed by atoms with Gasteiger partial charge in [-0.25, -0.2) is 0 Å². The maximum absolute atomic E-state index is 12.4. The van der Waals surface area contributed by atoms with Gasteiger partial charge in [-0.15, -0.1) is 0 Å². The quantitative estimate of drug-likeness (QED) is 0.723. The molecule has 1 saturated heterocycles. The third kappa shape index (κ3) is 3.59. The highest BCUT2D eigenvalue weighted by Crippen LogP contribution is 2.33. The van der Waals surface area contributed by atoms with Gasteiger partial charge in [0.1, 0.15) is 11.6 Å². The fourth-order valence-electron chi connectivity index (χ4n) is 3.47. The summed E-state index contributed by atoms with van der Waals surface area (Å²) in [5, 5.41) is 10.7. The van der Waals surface area contributed by atoms with Gasteiger partial charge in [0.25, 0.3) is 0 Å². The van der Waals surface area contributed by atoms with Crippen LogP contribution in [0.25, 0.3) is 10.9 Å². The molecular weight excluding hydrogens is 334 g/mol. The summed E-state index contributed by atoms with van der Waals surface area (Å²) in [4.78, 5) is 29.2. The first-order chi connectivity index (χ1) is 12.2. The number of para-hydroxylation sites is 1. The lowest BCUT2D eigenvalue weighted by atomic mass is 10.1. The van der Waals surface area contributed by atoms with Crippen molar-refractivity contribution >= 4 is 22.8 Å². The molecule has 0 saturated carbocycles. The highest BCUT2D eigenvalue weighted by atomic mass is 16.6. The standard InChI is InChI=1S/C19H25N3O4/c1-19(2,3)26-18(25)12-8-9-22(16(12)20)15(17(23)24)14-10-11-6-4-5-7-13(11)21-14/h4-7,10,12,15-16,21H,8-9,20H2,1-3H3,(H,23,24). The molecule has 0 spiro atoms. The number of fused-ring (bicyclic) bond motifs is 1. The van der Waals surface area contributed by atoms with E-state index in [4.69, 9.17) is 10.5 Å². The van der Waals surface area contributed by atoms with Crippen LogP contribution in [0.5, 0.6) is 0 Å². The highest BCUT2D eigenvalue weighted by molar-refractivity contribution is 5.84. The molecule has 140 valence electrons. The number of carboxylic acids is 1. The summed E-state index contributed by atoms with van der Waals surface area (Å²) in [5.41, 5.74) is 7.08. The summed E-state index contributed by atoms with van der Waals surface area (Å²) < 4.78 is 5.43. The van der Waals surface area contributed by atoms with Crippen molar-refractivity contribution in [2.24, 2.45) is 11.7 Å². The number of hydrogen-bond acceptors (Lipinski definition) is 5. The number of aliphatic carboxylic acids is 1. The zero-order valence-electron chi connectivity index (χ0n) is 15.2. The average molecular weight is 359 g/mol. The number of nitrogens with two attached hydrogens (primary N) is 1. The number of nitrogens with zero attached hydrogens (tertiary/aromatic N) is 1. The summed E-state index contributed by atoms with van der Waals surface area (Å²) in [6, 6.07) is 8.48. The summed E-state index contributed by atoms with van der Waals surface area (Å²) in [7, 11) is 0. The van der Waals surface area contributed by atoms with Gasteiger partial charge in [0.15, 0.2) is 0 Å². The average Bonchev–Trinajstić information content (AvgIpc) is 3.10. The monoisotopic (exact) mass is 359 g/mol. The first kappa shape index (κ1) is 18.4. The lowest BCUT2D eigenvalue weighted by Crippen LogP contribution is -2.47. The van der Waals surface area contributed by atoms with Crippen molar-refractivity contribution in [2.45, 2.75) is 45.0 Å². The Kier molecular flexibility index (Phi) is 4.77. The van der Waals surface area contributed by atoms with Gasteiger partial charge in [-0.2, -0.15) is 0 Å². The van der Waals surface area contributed by atoms with Gasteiger partial charge in [0.2, 0.25) is 0 Å². The Morgan fingerprint density at radius 2 is 2.04 bits per heavy atom. The molecule has 1 aliphatic heterocycles. The number of hydrogen-bond donors (Lipinski definition) is 3. The number of likely N-dealkylation sites (tertiary alicyclic amines) is 1. The second kappa shape index (κ2) is 6.74. The lowest BCUT2D eigenvalue weighted by Gasteiger charge is -2.30. The number of ether oxygens (including phenoxy) is 1. The molecule has 0 aliphatic carbocycles. The van der Waals surface area contributed by atoms with Gasteiger partial charge in [-0.05, 0) is 44.7 Å². The Morgan fingerprint density at radius 1 is 1.35 bits per heavy atom. The number of aromatic nitrogens is 1. The second-order valence-electron chi connectivity index (χ2n) is 7.71. The normalized spacial score (nSPS) is 22.5. The van der Waals surface area contributed by atoms with Crippen molar-refractivity contribution in [1.29, 1.82) is 0 Å². The van der Waals surface area contributed by atoms with Crippen molar-refractivity contribution in [1.82, 2.24) is 9.88 Å². The Hall–Kier alpha value is -2.38. The zero-order valence-corrected chi connectivity index (χ0v) is 15.2. The van der Waals surface area contributed by atoms with Crippen LogP contribution in [0.1, 0.15) is 38.9 Å². The van der Waals surface area contributed by atoms with E-state index in [-0.39, 0.29) is 5.97 Å². The van der Waals surface area contributed by atoms with E-state index in [1.54, 1.807) is 25.7 Å². The molecule has 2 heterocycles. The minimum atomic E-state index is -1.00. The fourth-order valence-corrected chi connectivity index (χ4v) is 3.47. The number of benzene rings is 1. The first-order valence-corrected chi connectivity index (χ1v) is 8.72. The maximum atomic E-state index is 12.4. The fraction of sp³-hybridized carbons (Fsp3) is 0.474. The van der Waals surface area contributed by atoms with Crippen LogP contribution >= 0.6 is 0 Å². The number of H-pyrrole nitrogens is 1. The number of rotatable bonds is 4. The molecule has 0 bridgehead atoms. The van der Waals surface area contributed by atoms with Crippen molar-refractivity contribution < 1.29 is 19.4 Å². The Bertz CT molecular complexity index is 791. The molecule has 1 aromatic heterocycles. The number of nitrogens with one attached hydrogen (secondary N) is 1. The summed E-state index contributed by atoms with van der Waals surface area (Å²) in [5.74, 6) is -1.93. The van der Waals surface area contributed by atoms with Gasteiger partial charge in [0.05, 0.1) is 12.1 Å². The predicted octanol–water partition coefficient (Wildman–Crippen LogP) is 2.24. The molecule has 1 fully saturated rings. The molecule has 1 aromatic carbocycles. The topological polar surface area (TPSA) is 109 Å². The molecule has 4 N–H and O–H groups in total. The van der Waals surface area contributed by atoms with Crippen LogP contribution in [-0.2, 0) is 14.3 Å². The van der Waals surface area contributed by atoms with Crippen molar-refractivity contribution in [2.75, 3.05) is 6.54 Å². The molecule has 2 aromatic rings. The zero-order chi connectivity index (χ0) is 19.1. The molecule has 3 rings (SSSR count). The second-order valence-corrected chi connectivity index (χ2v) is 7.71. The van der Waals surface area contributed by atoms with Crippen LogP contribution in [0.2, 0.25) is 0 Å². The number of carbonyl (C=O) groups excluding carboxylic acids is 1. The number of esters is 1. The van der Waals surface area contributed by atoms with E-state index in [1.165, 1.54) is 0 Å². The van der Waals surface area contributed by atoms with Crippen molar-refractivity contribution in [3.8, 4) is 0 Å². The molecule has 0 radical (unpaired) electrons. The molecular formula is C19H25N3O4. The number of carbonyl (C=O) groups is 2. The molecule has 7 nitrogen and oxygen atoms in total. The summed E-state index contributed by atoms with van der Waals surface area (Å²) in [6.07, 6.45) is -0.238. The molecule has 3 atom stereocenters. The van der Waals surface area contributed by atoms with Crippen molar-refractivity contribution in [3.05, 3.63) is 36.0 Å². The Morgan fingerprint density at radius 3 is 2.65 bits per heavy atom. The highest BCUT2D eigenvalue weighted by Gasteiger charge is 2.44. The molecule has 26 heavy (non-hydrogen) atoms.